The first-order chi connectivity index (χ1) is 9.16. The molecule has 1 aliphatic heterocycles. The van der Waals surface area contributed by atoms with E-state index in [4.69, 9.17) is 9.84 Å². The molecule has 2 atom stereocenters. The zero-order valence-electron chi connectivity index (χ0n) is 10.1. The van der Waals surface area contributed by atoms with Crippen LogP contribution in [0.1, 0.15) is 5.69 Å². The zero-order chi connectivity index (χ0) is 13.7. The van der Waals surface area contributed by atoms with Crippen LogP contribution in [0.4, 0.5) is 4.79 Å². The van der Waals surface area contributed by atoms with Crippen LogP contribution in [-0.4, -0.2) is 46.3 Å². The van der Waals surface area contributed by atoms with Gasteiger partial charge >= 0.3 is 12.0 Å². The van der Waals surface area contributed by atoms with E-state index in [1.54, 1.807) is 12.3 Å². The van der Waals surface area contributed by atoms with Crippen LogP contribution in [0.15, 0.2) is 18.6 Å². The number of nitrogens with one attached hydrogen (secondary N) is 2. The van der Waals surface area contributed by atoms with Gasteiger partial charge in [0.05, 0.1) is 31.5 Å². The Bertz CT molecular complexity index is 453. The molecular weight excluding hydrogens is 252 g/mol. The molecule has 0 saturated carbocycles. The van der Waals surface area contributed by atoms with E-state index in [1.165, 1.54) is 6.33 Å². The quantitative estimate of drug-likeness (QED) is 0.669. The smallest absolute Gasteiger partial charge is 0.315 e. The summed E-state index contributed by atoms with van der Waals surface area (Å²) in [5.41, 5.74) is 0.669. The van der Waals surface area contributed by atoms with Crippen LogP contribution in [0, 0.1) is 5.92 Å². The molecule has 0 spiro atoms. The molecule has 1 fully saturated rings. The molecule has 8 heteroatoms. The van der Waals surface area contributed by atoms with Crippen LogP contribution >= 0.6 is 0 Å². The maximum Gasteiger partial charge on any atom is 0.315 e. The van der Waals surface area contributed by atoms with Crippen LogP contribution < -0.4 is 10.6 Å². The Balaban J connectivity index is 1.80. The Morgan fingerprint density at radius 3 is 3.00 bits per heavy atom. The molecule has 2 amide bonds. The van der Waals surface area contributed by atoms with Crippen molar-refractivity contribution < 1.29 is 19.4 Å². The largest absolute Gasteiger partial charge is 0.481 e. The van der Waals surface area contributed by atoms with E-state index < -0.39 is 24.0 Å². The predicted molar refractivity (Wildman–Crippen MR) is 63.1 cm³/mol. The van der Waals surface area contributed by atoms with Crippen LogP contribution in [0.25, 0.3) is 0 Å². The number of ether oxygens (including phenoxy) is 1. The summed E-state index contributed by atoms with van der Waals surface area (Å²) in [6, 6.07) is 0.724. The first-order valence-electron chi connectivity index (χ1n) is 5.76. The highest BCUT2D eigenvalue weighted by atomic mass is 16.5. The molecule has 0 radical (unpaired) electrons. The van der Waals surface area contributed by atoms with Crippen molar-refractivity contribution in [1.29, 1.82) is 0 Å². The molecule has 102 valence electrons. The standard InChI is InChI=1S/C11H14N4O4/c16-10(17)8-4-19-5-9(8)15-11(18)13-3-7-1-2-12-6-14-7/h1-2,6,8-9H,3-5H2,(H,16,17)(H2,13,15,18). The Hall–Kier alpha value is -2.22. The number of carbonyl (C=O) groups excluding carboxylic acids is 1. The van der Waals surface area contributed by atoms with E-state index >= 15 is 0 Å². The van der Waals surface area contributed by atoms with Crippen LogP contribution in [0.2, 0.25) is 0 Å². The molecule has 8 nitrogen and oxygen atoms in total. The monoisotopic (exact) mass is 266 g/mol. The molecule has 0 bridgehead atoms. The number of carbonyl (C=O) groups is 2. The average molecular weight is 266 g/mol. The average Bonchev–Trinajstić information content (AvgIpc) is 2.86. The summed E-state index contributed by atoms with van der Waals surface area (Å²) < 4.78 is 5.05. The van der Waals surface area contributed by atoms with Crippen LogP contribution in [-0.2, 0) is 16.1 Å². The van der Waals surface area contributed by atoms with Gasteiger partial charge in [-0.05, 0) is 6.07 Å². The second-order valence-corrected chi connectivity index (χ2v) is 4.12. The van der Waals surface area contributed by atoms with Gasteiger partial charge in [-0.2, -0.15) is 0 Å². The van der Waals surface area contributed by atoms with Gasteiger partial charge < -0.3 is 20.5 Å². The molecule has 1 aliphatic rings. The first kappa shape index (κ1) is 13.2. The molecular formula is C11H14N4O4. The summed E-state index contributed by atoms with van der Waals surface area (Å²) in [6.45, 7) is 0.573. The number of hydrogen-bond donors (Lipinski definition) is 3. The highest BCUT2D eigenvalue weighted by Gasteiger charge is 2.34. The van der Waals surface area contributed by atoms with Gasteiger partial charge in [0.1, 0.15) is 12.2 Å². The molecule has 19 heavy (non-hydrogen) atoms. The summed E-state index contributed by atoms with van der Waals surface area (Å²) in [5.74, 6) is -1.68. The van der Waals surface area contributed by atoms with Crippen molar-refractivity contribution >= 4 is 12.0 Å². The number of aromatic nitrogens is 2. The molecule has 0 aliphatic carbocycles. The van der Waals surface area contributed by atoms with Gasteiger partial charge in [0, 0.05) is 6.20 Å². The molecule has 2 heterocycles. The van der Waals surface area contributed by atoms with Gasteiger partial charge in [0.2, 0.25) is 0 Å². The van der Waals surface area contributed by atoms with Gasteiger partial charge in [-0.3, -0.25) is 4.79 Å². The number of nitrogens with zero attached hydrogens (tertiary/aromatic N) is 2. The fourth-order valence-corrected chi connectivity index (χ4v) is 1.75. The molecule has 1 aromatic heterocycles. The van der Waals surface area contributed by atoms with E-state index in [9.17, 15) is 9.59 Å². The van der Waals surface area contributed by atoms with Gasteiger partial charge in [-0.25, -0.2) is 14.8 Å². The number of urea groups is 1. The number of rotatable bonds is 4. The minimum atomic E-state index is -0.974. The van der Waals surface area contributed by atoms with E-state index in [-0.39, 0.29) is 19.8 Å². The zero-order valence-corrected chi connectivity index (χ0v) is 10.1. The highest BCUT2D eigenvalue weighted by molar-refractivity contribution is 5.77. The Morgan fingerprint density at radius 2 is 2.32 bits per heavy atom. The highest BCUT2D eigenvalue weighted by Crippen LogP contribution is 2.13. The van der Waals surface area contributed by atoms with Gasteiger partial charge in [0.15, 0.2) is 0 Å². The maximum atomic E-state index is 11.6. The SMILES string of the molecule is O=C(NCc1ccncn1)NC1COCC1C(=O)O. The van der Waals surface area contributed by atoms with Gasteiger partial charge in [-0.1, -0.05) is 0 Å². The normalized spacial score (nSPS) is 21.9. The minimum absolute atomic E-state index is 0.117. The molecule has 3 N–H and O–H groups in total. The van der Waals surface area contributed by atoms with Crippen molar-refractivity contribution in [3.63, 3.8) is 0 Å². The molecule has 0 aromatic carbocycles. The first-order valence-corrected chi connectivity index (χ1v) is 5.76. The lowest BCUT2D eigenvalue weighted by Gasteiger charge is -2.16. The second kappa shape index (κ2) is 6.10. The van der Waals surface area contributed by atoms with E-state index in [0.717, 1.165) is 0 Å². The third kappa shape index (κ3) is 3.62. The predicted octanol–water partition coefficient (Wildman–Crippen LogP) is -0.625. The number of aliphatic carboxylic acids is 1. The van der Waals surface area contributed by atoms with Crippen molar-refractivity contribution in [1.82, 2.24) is 20.6 Å². The lowest BCUT2D eigenvalue weighted by Crippen LogP contribution is -2.47. The Morgan fingerprint density at radius 1 is 1.47 bits per heavy atom. The van der Waals surface area contributed by atoms with E-state index in [1.807, 2.05) is 0 Å². The number of carboxylic acid groups (broad SMARTS) is 1. The Kier molecular flexibility index (Phi) is 4.24. The molecule has 2 rings (SSSR count). The van der Waals surface area contributed by atoms with Gasteiger partial charge in [0.25, 0.3) is 0 Å². The van der Waals surface area contributed by atoms with E-state index in [2.05, 4.69) is 20.6 Å². The number of hydrogen-bond acceptors (Lipinski definition) is 5. The maximum absolute atomic E-state index is 11.6. The van der Waals surface area contributed by atoms with Gasteiger partial charge in [-0.15, -0.1) is 0 Å². The topological polar surface area (TPSA) is 113 Å². The van der Waals surface area contributed by atoms with E-state index in [0.29, 0.717) is 5.69 Å². The van der Waals surface area contributed by atoms with Crippen molar-refractivity contribution in [2.24, 2.45) is 5.92 Å². The minimum Gasteiger partial charge on any atom is -0.481 e. The summed E-state index contributed by atoms with van der Waals surface area (Å²) in [5, 5.41) is 14.1. The fraction of sp³-hybridized carbons (Fsp3) is 0.455. The van der Waals surface area contributed by atoms with Crippen LogP contribution in [0.5, 0.6) is 0 Å². The molecule has 1 saturated heterocycles. The van der Waals surface area contributed by atoms with Crippen molar-refractivity contribution in [3.05, 3.63) is 24.3 Å². The fourth-order valence-electron chi connectivity index (χ4n) is 1.75. The third-order valence-corrected chi connectivity index (χ3v) is 2.79. The third-order valence-electron chi connectivity index (χ3n) is 2.79. The molecule has 2 unspecified atom stereocenters. The lowest BCUT2D eigenvalue weighted by atomic mass is 10.0. The second-order valence-electron chi connectivity index (χ2n) is 4.12. The lowest BCUT2D eigenvalue weighted by molar-refractivity contribution is -0.142. The van der Waals surface area contributed by atoms with Crippen molar-refractivity contribution in [2.75, 3.05) is 13.2 Å². The molecule has 1 aromatic rings. The van der Waals surface area contributed by atoms with Crippen molar-refractivity contribution in [2.45, 2.75) is 12.6 Å². The Labute approximate surface area is 109 Å². The van der Waals surface area contributed by atoms with Crippen molar-refractivity contribution in [3.8, 4) is 0 Å². The summed E-state index contributed by atoms with van der Waals surface area (Å²) in [4.78, 5) is 30.2. The number of amides is 2. The summed E-state index contributed by atoms with van der Waals surface area (Å²) in [7, 11) is 0. The number of carboxylic acids is 1. The summed E-state index contributed by atoms with van der Waals surface area (Å²) in [6.07, 6.45) is 2.97. The summed E-state index contributed by atoms with van der Waals surface area (Å²) >= 11 is 0. The van der Waals surface area contributed by atoms with Crippen LogP contribution in [0.3, 0.4) is 0 Å².